The molecule has 4 aliphatic heterocycles. The number of nitrogens with one attached hydrogen (secondary N) is 1. The molecule has 2 atom stereocenters. The van der Waals surface area contributed by atoms with Crippen molar-refractivity contribution in [2.75, 3.05) is 44.3 Å². The summed E-state index contributed by atoms with van der Waals surface area (Å²) in [5.74, 6) is 1.29. The zero-order valence-corrected chi connectivity index (χ0v) is 15.7. The summed E-state index contributed by atoms with van der Waals surface area (Å²) in [6.07, 6.45) is 4.07. The molecule has 27 heavy (non-hydrogen) atoms. The second kappa shape index (κ2) is 6.80. The minimum atomic E-state index is -0.105. The highest BCUT2D eigenvalue weighted by Gasteiger charge is 2.40. The van der Waals surface area contributed by atoms with E-state index in [0.717, 1.165) is 37.4 Å². The number of fused-ring (bicyclic) bond motifs is 4. The monoisotopic (exact) mass is 370 g/mol. The fourth-order valence-electron chi connectivity index (χ4n) is 4.75. The third-order valence-corrected chi connectivity index (χ3v) is 6.42. The number of carbonyl (C=O) groups is 1. The standard InChI is InChI=1S/C20H26N4O3/c1-13-19(14-2-4-23(13)5-3-14)22-20(25)16-11-17-15(12-21-16)10-18(27-17)24-6-8-26-9-7-24/h10-14,19H,2-9H2,1H3,(H,22,25)/t13-,19-/m0/s1. The number of nitrogens with zero attached hydrogens (tertiary/aromatic N) is 3. The van der Waals surface area contributed by atoms with Gasteiger partial charge in [0.2, 0.25) is 0 Å². The number of rotatable bonds is 3. The van der Waals surface area contributed by atoms with Gasteiger partial charge in [-0.05, 0) is 38.8 Å². The summed E-state index contributed by atoms with van der Waals surface area (Å²) in [6, 6.07) is 4.35. The Kier molecular flexibility index (Phi) is 4.28. The second-order valence-corrected chi connectivity index (χ2v) is 7.90. The van der Waals surface area contributed by atoms with Gasteiger partial charge >= 0.3 is 0 Å². The number of hydrogen-bond acceptors (Lipinski definition) is 6. The predicted molar refractivity (Wildman–Crippen MR) is 102 cm³/mol. The van der Waals surface area contributed by atoms with Gasteiger partial charge in [0.15, 0.2) is 5.88 Å². The zero-order valence-electron chi connectivity index (χ0n) is 15.7. The number of hydrogen-bond donors (Lipinski definition) is 1. The van der Waals surface area contributed by atoms with Crippen molar-refractivity contribution in [3.63, 3.8) is 0 Å². The van der Waals surface area contributed by atoms with Gasteiger partial charge in [0, 0.05) is 48.9 Å². The number of aromatic nitrogens is 1. The van der Waals surface area contributed by atoms with Crippen LogP contribution in [-0.2, 0) is 4.74 Å². The average molecular weight is 370 g/mol. The van der Waals surface area contributed by atoms with Crippen molar-refractivity contribution in [3.05, 3.63) is 24.0 Å². The van der Waals surface area contributed by atoms with Crippen LogP contribution in [0.1, 0.15) is 30.3 Å². The SMILES string of the molecule is C[C@H]1[C@H](NC(=O)c2cc3oc(N4CCOCC4)cc3cn2)C2CCN1CC2. The second-order valence-electron chi connectivity index (χ2n) is 7.90. The summed E-state index contributed by atoms with van der Waals surface area (Å²) in [7, 11) is 0. The van der Waals surface area contributed by atoms with Crippen LogP contribution in [0.4, 0.5) is 5.88 Å². The topological polar surface area (TPSA) is 70.8 Å². The van der Waals surface area contributed by atoms with Crippen molar-refractivity contribution in [2.24, 2.45) is 5.92 Å². The molecule has 0 radical (unpaired) electrons. The Morgan fingerprint density at radius 1 is 1.19 bits per heavy atom. The van der Waals surface area contributed by atoms with E-state index in [4.69, 9.17) is 9.15 Å². The van der Waals surface area contributed by atoms with E-state index in [1.807, 2.05) is 6.07 Å². The summed E-state index contributed by atoms with van der Waals surface area (Å²) >= 11 is 0. The van der Waals surface area contributed by atoms with Gasteiger partial charge in [-0.1, -0.05) is 0 Å². The third-order valence-electron chi connectivity index (χ3n) is 6.42. The lowest BCUT2D eigenvalue weighted by atomic mass is 9.79. The number of ether oxygens (including phenoxy) is 1. The highest BCUT2D eigenvalue weighted by atomic mass is 16.5. The molecule has 0 spiro atoms. The summed E-state index contributed by atoms with van der Waals surface area (Å²) in [6.45, 7) is 7.57. The lowest BCUT2D eigenvalue weighted by molar-refractivity contribution is 0.0216. The number of furan rings is 1. The van der Waals surface area contributed by atoms with Crippen LogP contribution in [0.25, 0.3) is 11.0 Å². The van der Waals surface area contributed by atoms with Gasteiger partial charge in [-0.2, -0.15) is 0 Å². The highest BCUT2D eigenvalue weighted by Crippen LogP contribution is 2.32. The van der Waals surface area contributed by atoms with Crippen molar-refractivity contribution >= 4 is 22.8 Å². The molecule has 0 saturated carbocycles. The van der Waals surface area contributed by atoms with Gasteiger partial charge in [-0.25, -0.2) is 0 Å². The minimum absolute atomic E-state index is 0.105. The van der Waals surface area contributed by atoms with Gasteiger partial charge < -0.3 is 19.4 Å². The Balaban J connectivity index is 1.34. The first kappa shape index (κ1) is 17.0. The molecule has 0 aliphatic carbocycles. The maximum atomic E-state index is 12.8. The first-order valence-corrected chi connectivity index (χ1v) is 9.96. The van der Waals surface area contributed by atoms with Gasteiger partial charge in [0.05, 0.1) is 13.2 Å². The Labute approximate surface area is 158 Å². The molecule has 4 aliphatic rings. The number of morpholine rings is 1. The van der Waals surface area contributed by atoms with Crippen molar-refractivity contribution in [1.82, 2.24) is 15.2 Å². The summed E-state index contributed by atoms with van der Waals surface area (Å²) in [5, 5.41) is 4.16. The molecule has 7 nitrogen and oxygen atoms in total. The maximum Gasteiger partial charge on any atom is 0.270 e. The molecular weight excluding hydrogens is 344 g/mol. The number of piperidine rings is 3. The van der Waals surface area contributed by atoms with E-state index < -0.39 is 0 Å². The first-order chi connectivity index (χ1) is 13.2. The van der Waals surface area contributed by atoms with Crippen molar-refractivity contribution in [1.29, 1.82) is 0 Å². The molecule has 2 aromatic rings. The molecule has 2 bridgehead atoms. The average Bonchev–Trinajstić information content (AvgIpc) is 3.15. The van der Waals surface area contributed by atoms with Gasteiger partial charge in [-0.3, -0.25) is 14.7 Å². The highest BCUT2D eigenvalue weighted by molar-refractivity contribution is 5.96. The summed E-state index contributed by atoms with van der Waals surface area (Å²) < 4.78 is 11.4. The van der Waals surface area contributed by atoms with E-state index in [2.05, 4.69) is 27.0 Å². The Morgan fingerprint density at radius 3 is 2.70 bits per heavy atom. The summed E-state index contributed by atoms with van der Waals surface area (Å²) in [5.41, 5.74) is 1.13. The van der Waals surface area contributed by atoms with E-state index in [1.165, 1.54) is 12.8 Å². The molecule has 0 unspecified atom stereocenters. The lowest BCUT2D eigenvalue weighted by Gasteiger charge is -2.49. The van der Waals surface area contributed by atoms with Crippen LogP contribution >= 0.6 is 0 Å². The normalized spacial score (nSPS) is 30.6. The molecule has 7 heteroatoms. The van der Waals surface area contributed by atoms with E-state index in [0.29, 0.717) is 36.5 Å². The van der Waals surface area contributed by atoms with E-state index in [1.54, 1.807) is 12.3 Å². The molecular formula is C20H26N4O3. The fraction of sp³-hybridized carbons (Fsp3) is 0.600. The minimum Gasteiger partial charge on any atom is -0.440 e. The van der Waals surface area contributed by atoms with Crippen LogP contribution in [0.3, 0.4) is 0 Å². The van der Waals surface area contributed by atoms with E-state index in [9.17, 15) is 4.79 Å². The van der Waals surface area contributed by atoms with Crippen LogP contribution in [0.2, 0.25) is 0 Å². The Hall–Kier alpha value is -2.12. The van der Waals surface area contributed by atoms with E-state index >= 15 is 0 Å². The molecule has 144 valence electrons. The largest absolute Gasteiger partial charge is 0.440 e. The zero-order chi connectivity index (χ0) is 18.4. The van der Waals surface area contributed by atoms with Gasteiger partial charge in [-0.15, -0.1) is 0 Å². The van der Waals surface area contributed by atoms with Gasteiger partial charge in [0.1, 0.15) is 11.3 Å². The number of amides is 1. The predicted octanol–water partition coefficient (Wildman–Crippen LogP) is 1.88. The van der Waals surface area contributed by atoms with Crippen molar-refractivity contribution in [2.45, 2.75) is 31.8 Å². The quantitative estimate of drug-likeness (QED) is 0.890. The maximum absolute atomic E-state index is 12.8. The molecule has 6 rings (SSSR count). The van der Waals surface area contributed by atoms with Crippen molar-refractivity contribution < 1.29 is 13.9 Å². The van der Waals surface area contributed by atoms with Crippen molar-refractivity contribution in [3.8, 4) is 0 Å². The van der Waals surface area contributed by atoms with Crippen LogP contribution in [0.5, 0.6) is 0 Å². The van der Waals surface area contributed by atoms with Crippen LogP contribution in [-0.4, -0.2) is 67.3 Å². The number of anilines is 1. The van der Waals surface area contributed by atoms with Crippen LogP contribution < -0.4 is 10.2 Å². The molecule has 4 saturated heterocycles. The Morgan fingerprint density at radius 2 is 1.96 bits per heavy atom. The smallest absolute Gasteiger partial charge is 0.270 e. The number of pyridine rings is 1. The number of carbonyl (C=O) groups excluding carboxylic acids is 1. The fourth-order valence-corrected chi connectivity index (χ4v) is 4.75. The molecule has 4 fully saturated rings. The third kappa shape index (κ3) is 3.08. The summed E-state index contributed by atoms with van der Waals surface area (Å²) in [4.78, 5) is 21.9. The molecule has 1 amide bonds. The van der Waals surface area contributed by atoms with Gasteiger partial charge in [0.25, 0.3) is 5.91 Å². The van der Waals surface area contributed by atoms with E-state index in [-0.39, 0.29) is 11.9 Å². The Bertz CT molecular complexity index is 835. The van der Waals surface area contributed by atoms with Crippen LogP contribution in [0.15, 0.2) is 22.7 Å². The molecule has 1 N–H and O–H groups in total. The lowest BCUT2D eigenvalue weighted by Crippen LogP contribution is -2.62. The first-order valence-electron chi connectivity index (χ1n) is 9.96. The molecule has 6 heterocycles. The molecule has 2 aromatic heterocycles. The van der Waals surface area contributed by atoms with Crippen LogP contribution in [0, 0.1) is 5.92 Å². The molecule has 0 aromatic carbocycles.